The molecule has 1 spiro atoms. The van der Waals surface area contributed by atoms with E-state index in [2.05, 4.69) is 21.1 Å². The van der Waals surface area contributed by atoms with Gasteiger partial charge in [-0.15, -0.1) is 0 Å². The predicted molar refractivity (Wildman–Crippen MR) is 79.4 cm³/mol. The summed E-state index contributed by atoms with van der Waals surface area (Å²) in [5.74, 6) is 2.70. The molecule has 114 valence electrons. The average molecular weight is 288 g/mol. The van der Waals surface area contributed by atoms with Gasteiger partial charge in [0.05, 0.1) is 0 Å². The van der Waals surface area contributed by atoms with E-state index in [9.17, 15) is 4.79 Å². The molecule has 0 aromatic carbocycles. The number of amides is 1. The Hall–Kier alpha value is -1.36. The zero-order chi connectivity index (χ0) is 14.4. The second-order valence-corrected chi connectivity index (χ2v) is 7.21. The van der Waals surface area contributed by atoms with Crippen LogP contribution in [0.15, 0.2) is 12.4 Å². The van der Waals surface area contributed by atoms with Gasteiger partial charge in [-0.3, -0.25) is 4.79 Å². The molecule has 3 aliphatic rings. The van der Waals surface area contributed by atoms with Crippen molar-refractivity contribution in [3.63, 3.8) is 0 Å². The highest BCUT2D eigenvalue weighted by atomic mass is 16.1. The highest BCUT2D eigenvalue weighted by Crippen LogP contribution is 2.53. The SMILES string of the molecule is NC(=O)C1CCNC2(C1)CC2C[C@H]1CCc2nccn2C1. The smallest absolute Gasteiger partial charge is 0.220 e. The Morgan fingerprint density at radius 3 is 3.24 bits per heavy atom. The molecule has 1 amide bonds. The van der Waals surface area contributed by atoms with Gasteiger partial charge in [0.15, 0.2) is 0 Å². The Kier molecular flexibility index (Phi) is 3.06. The fraction of sp³-hybridized carbons (Fsp3) is 0.750. The van der Waals surface area contributed by atoms with E-state index in [0.717, 1.165) is 44.2 Å². The number of imidazole rings is 1. The Balaban J connectivity index is 1.36. The molecule has 1 saturated carbocycles. The van der Waals surface area contributed by atoms with E-state index >= 15 is 0 Å². The van der Waals surface area contributed by atoms with E-state index < -0.39 is 0 Å². The van der Waals surface area contributed by atoms with E-state index in [0.29, 0.717) is 0 Å². The van der Waals surface area contributed by atoms with Crippen LogP contribution < -0.4 is 11.1 Å². The number of aryl methyl sites for hydroxylation is 1. The van der Waals surface area contributed by atoms with Crippen LogP contribution in [-0.2, 0) is 17.8 Å². The standard InChI is InChI=1S/C16H24N4O/c17-15(21)12-3-4-19-16(8-12)9-13(16)7-11-1-2-14-18-5-6-20(14)10-11/h5-6,11-13,19H,1-4,7-10H2,(H2,17,21)/t11-,12?,13?,16?/m1/s1. The van der Waals surface area contributed by atoms with E-state index in [1.807, 2.05) is 6.20 Å². The summed E-state index contributed by atoms with van der Waals surface area (Å²) in [5, 5.41) is 3.68. The molecule has 5 heteroatoms. The number of rotatable bonds is 3. The molecule has 2 fully saturated rings. The van der Waals surface area contributed by atoms with Gasteiger partial charge in [-0.05, 0) is 50.5 Å². The van der Waals surface area contributed by atoms with Crippen LogP contribution in [0.2, 0.25) is 0 Å². The summed E-state index contributed by atoms with van der Waals surface area (Å²) in [6.45, 7) is 2.06. The zero-order valence-corrected chi connectivity index (χ0v) is 12.4. The minimum atomic E-state index is -0.109. The molecule has 21 heavy (non-hydrogen) atoms. The molecule has 3 N–H and O–H groups in total. The Bertz CT molecular complexity index is 554. The number of carbonyl (C=O) groups excluding carboxylic acids is 1. The van der Waals surface area contributed by atoms with E-state index in [1.165, 1.54) is 25.1 Å². The van der Waals surface area contributed by atoms with Crippen molar-refractivity contribution >= 4 is 5.91 Å². The zero-order valence-electron chi connectivity index (χ0n) is 12.4. The van der Waals surface area contributed by atoms with Crippen molar-refractivity contribution in [3.8, 4) is 0 Å². The van der Waals surface area contributed by atoms with Crippen LogP contribution in [0, 0.1) is 17.8 Å². The van der Waals surface area contributed by atoms with Gasteiger partial charge in [0.2, 0.25) is 5.91 Å². The van der Waals surface area contributed by atoms with Gasteiger partial charge in [0, 0.05) is 36.8 Å². The van der Waals surface area contributed by atoms with Gasteiger partial charge >= 0.3 is 0 Å². The molecule has 2 aliphatic heterocycles. The molecular weight excluding hydrogens is 264 g/mol. The van der Waals surface area contributed by atoms with Crippen LogP contribution in [0.4, 0.5) is 0 Å². The summed E-state index contributed by atoms with van der Waals surface area (Å²) in [5.41, 5.74) is 5.74. The van der Waals surface area contributed by atoms with Crippen LogP contribution in [0.5, 0.6) is 0 Å². The van der Waals surface area contributed by atoms with Gasteiger partial charge in [-0.2, -0.15) is 0 Å². The number of aromatic nitrogens is 2. The normalized spacial score (nSPS) is 38.2. The number of piperidine rings is 1. The third-order valence-electron chi connectivity index (χ3n) is 5.87. The first-order valence-corrected chi connectivity index (χ1v) is 8.21. The Labute approximate surface area is 125 Å². The first kappa shape index (κ1) is 13.3. The molecule has 4 rings (SSSR count). The van der Waals surface area contributed by atoms with Crippen molar-refractivity contribution in [1.29, 1.82) is 0 Å². The lowest BCUT2D eigenvalue weighted by Gasteiger charge is -2.31. The minimum Gasteiger partial charge on any atom is -0.369 e. The molecule has 3 heterocycles. The molecule has 3 unspecified atom stereocenters. The molecule has 0 bridgehead atoms. The van der Waals surface area contributed by atoms with Gasteiger partial charge < -0.3 is 15.6 Å². The summed E-state index contributed by atoms with van der Waals surface area (Å²) < 4.78 is 2.31. The summed E-state index contributed by atoms with van der Waals surface area (Å²) in [6, 6.07) is 0. The lowest BCUT2D eigenvalue weighted by atomic mass is 9.86. The van der Waals surface area contributed by atoms with Crippen molar-refractivity contribution in [2.24, 2.45) is 23.5 Å². The second-order valence-electron chi connectivity index (χ2n) is 7.21. The van der Waals surface area contributed by atoms with Crippen LogP contribution in [0.1, 0.15) is 37.9 Å². The Morgan fingerprint density at radius 2 is 2.38 bits per heavy atom. The molecule has 1 aromatic rings. The van der Waals surface area contributed by atoms with Crippen molar-refractivity contribution in [2.75, 3.05) is 6.54 Å². The third kappa shape index (κ3) is 2.37. The van der Waals surface area contributed by atoms with Crippen molar-refractivity contribution in [1.82, 2.24) is 14.9 Å². The summed E-state index contributed by atoms with van der Waals surface area (Å²) in [7, 11) is 0. The predicted octanol–water partition coefficient (Wildman–Crippen LogP) is 1.08. The monoisotopic (exact) mass is 288 g/mol. The number of carbonyl (C=O) groups is 1. The van der Waals surface area contributed by atoms with Gasteiger partial charge in [-0.1, -0.05) is 0 Å². The number of nitrogens with two attached hydrogens (primary N) is 1. The van der Waals surface area contributed by atoms with Crippen molar-refractivity contribution < 1.29 is 4.79 Å². The van der Waals surface area contributed by atoms with Gasteiger partial charge in [-0.25, -0.2) is 4.98 Å². The van der Waals surface area contributed by atoms with Gasteiger partial charge in [0.1, 0.15) is 5.82 Å². The summed E-state index contributed by atoms with van der Waals surface area (Å²) in [4.78, 5) is 15.9. The second kappa shape index (κ2) is 4.83. The number of hydrogen-bond acceptors (Lipinski definition) is 3. The maximum atomic E-state index is 11.5. The van der Waals surface area contributed by atoms with Crippen LogP contribution in [-0.4, -0.2) is 27.5 Å². The molecule has 0 radical (unpaired) electrons. The van der Waals surface area contributed by atoms with Gasteiger partial charge in [0.25, 0.3) is 0 Å². The van der Waals surface area contributed by atoms with Crippen LogP contribution >= 0.6 is 0 Å². The van der Waals surface area contributed by atoms with Crippen LogP contribution in [0.3, 0.4) is 0 Å². The lowest BCUT2D eigenvalue weighted by Crippen LogP contribution is -2.45. The van der Waals surface area contributed by atoms with E-state index in [1.54, 1.807) is 0 Å². The number of primary amides is 1. The fourth-order valence-electron chi connectivity index (χ4n) is 4.54. The average Bonchev–Trinajstić information content (AvgIpc) is 2.92. The lowest BCUT2D eigenvalue weighted by molar-refractivity contribution is -0.123. The fourth-order valence-corrected chi connectivity index (χ4v) is 4.54. The quantitative estimate of drug-likeness (QED) is 0.874. The molecular formula is C16H24N4O. The number of fused-ring (bicyclic) bond motifs is 1. The molecule has 4 atom stereocenters. The maximum absolute atomic E-state index is 11.5. The third-order valence-corrected chi connectivity index (χ3v) is 5.87. The number of nitrogens with zero attached hydrogens (tertiary/aromatic N) is 2. The first-order valence-electron chi connectivity index (χ1n) is 8.21. The van der Waals surface area contributed by atoms with E-state index in [4.69, 9.17) is 5.73 Å². The van der Waals surface area contributed by atoms with Crippen molar-refractivity contribution in [2.45, 2.75) is 50.6 Å². The Morgan fingerprint density at radius 1 is 1.48 bits per heavy atom. The summed E-state index contributed by atoms with van der Waals surface area (Å²) >= 11 is 0. The molecule has 1 aromatic heterocycles. The largest absolute Gasteiger partial charge is 0.369 e. The van der Waals surface area contributed by atoms with E-state index in [-0.39, 0.29) is 17.4 Å². The van der Waals surface area contributed by atoms with Crippen molar-refractivity contribution in [3.05, 3.63) is 18.2 Å². The maximum Gasteiger partial charge on any atom is 0.220 e. The number of nitrogens with one attached hydrogen (secondary N) is 1. The minimum absolute atomic E-state index is 0.0860. The topological polar surface area (TPSA) is 72.9 Å². The molecule has 1 aliphatic carbocycles. The summed E-state index contributed by atoms with van der Waals surface area (Å²) in [6.07, 6.45) is 10.7. The highest BCUT2D eigenvalue weighted by molar-refractivity contribution is 5.77. The molecule has 1 saturated heterocycles. The van der Waals surface area contributed by atoms with Crippen LogP contribution in [0.25, 0.3) is 0 Å². The first-order chi connectivity index (χ1) is 10.2. The molecule has 5 nitrogen and oxygen atoms in total. The number of hydrogen-bond donors (Lipinski definition) is 2. The highest BCUT2D eigenvalue weighted by Gasteiger charge is 2.56.